The first-order valence-electron chi connectivity index (χ1n) is 9.82. The van der Waals surface area contributed by atoms with E-state index in [2.05, 4.69) is 11.6 Å². The van der Waals surface area contributed by atoms with Gasteiger partial charge in [0.25, 0.3) is 5.91 Å². The summed E-state index contributed by atoms with van der Waals surface area (Å²) >= 11 is 0. The summed E-state index contributed by atoms with van der Waals surface area (Å²) < 4.78 is 26.7. The topological polar surface area (TPSA) is 70.6 Å². The summed E-state index contributed by atoms with van der Waals surface area (Å²) in [6.45, 7) is 8.38. The molecule has 1 aromatic heterocycles. The van der Waals surface area contributed by atoms with Gasteiger partial charge in [-0.2, -0.15) is 0 Å². The summed E-state index contributed by atoms with van der Waals surface area (Å²) in [5.74, 6) is -0.181. The van der Waals surface area contributed by atoms with Crippen LogP contribution in [0.3, 0.4) is 0 Å². The highest BCUT2D eigenvalue weighted by Gasteiger charge is 2.34. The average Bonchev–Trinajstić information content (AvgIpc) is 2.69. The maximum atomic E-state index is 13.3. The number of aromatic nitrogens is 1. The summed E-state index contributed by atoms with van der Waals surface area (Å²) in [4.78, 5) is 20.8. The van der Waals surface area contributed by atoms with Gasteiger partial charge in [0.2, 0.25) is 9.84 Å². The minimum Gasteiger partial charge on any atom is -0.337 e. The number of likely N-dealkylation sites (tertiary alicyclic amines) is 2. The van der Waals surface area contributed by atoms with Crippen molar-refractivity contribution in [3.63, 3.8) is 0 Å². The van der Waals surface area contributed by atoms with Crippen molar-refractivity contribution in [2.45, 2.75) is 55.8 Å². The Bertz CT molecular complexity index is 795. The summed E-state index contributed by atoms with van der Waals surface area (Å²) in [5, 5.41) is -0.801. The molecule has 27 heavy (non-hydrogen) atoms. The molecule has 6 nitrogen and oxygen atoms in total. The Morgan fingerprint density at radius 1 is 1.07 bits per heavy atom. The van der Waals surface area contributed by atoms with Gasteiger partial charge in [0.05, 0.1) is 0 Å². The average molecular weight is 392 g/mol. The molecule has 0 aliphatic carbocycles. The minimum atomic E-state index is -3.74. The van der Waals surface area contributed by atoms with E-state index < -0.39 is 15.2 Å². The van der Waals surface area contributed by atoms with Crippen molar-refractivity contribution in [3.8, 4) is 0 Å². The van der Waals surface area contributed by atoms with E-state index in [0.29, 0.717) is 18.7 Å². The highest BCUT2D eigenvalue weighted by molar-refractivity contribution is 7.92. The third kappa shape index (κ3) is 4.24. The van der Waals surface area contributed by atoms with Crippen LogP contribution in [0.25, 0.3) is 0 Å². The lowest BCUT2D eigenvalue weighted by Gasteiger charge is -2.32. The zero-order valence-electron chi connectivity index (χ0n) is 16.1. The van der Waals surface area contributed by atoms with Crippen LogP contribution in [-0.4, -0.2) is 60.7 Å². The number of aryl methyl sites for hydroxylation is 1. The van der Waals surface area contributed by atoms with Gasteiger partial charge in [0, 0.05) is 13.1 Å². The zero-order valence-corrected chi connectivity index (χ0v) is 16.9. The predicted octanol–water partition coefficient (Wildman–Crippen LogP) is 2.79. The second-order valence-electron chi connectivity index (χ2n) is 7.44. The molecule has 2 aliphatic heterocycles. The molecule has 148 valence electrons. The van der Waals surface area contributed by atoms with Crippen molar-refractivity contribution in [2.24, 2.45) is 0 Å². The van der Waals surface area contributed by atoms with Crippen molar-refractivity contribution in [1.29, 1.82) is 0 Å². The fourth-order valence-electron chi connectivity index (χ4n) is 3.94. The van der Waals surface area contributed by atoms with Crippen molar-refractivity contribution >= 4 is 15.7 Å². The fraction of sp³-hybridized carbons (Fsp3) is 0.600. The number of rotatable bonds is 5. The molecule has 3 heterocycles. The first kappa shape index (κ1) is 20.0. The molecular formula is C20H29N3O3S. The number of nitrogens with zero attached hydrogens (tertiary/aromatic N) is 3. The largest absolute Gasteiger partial charge is 0.337 e. The zero-order chi connectivity index (χ0) is 19.4. The van der Waals surface area contributed by atoms with Crippen LogP contribution in [0.5, 0.6) is 0 Å². The van der Waals surface area contributed by atoms with Crippen LogP contribution in [0.1, 0.15) is 54.6 Å². The lowest BCUT2D eigenvalue weighted by atomic mass is 10.1. The Kier molecular flexibility index (Phi) is 6.32. The molecule has 0 bridgehead atoms. The molecule has 0 saturated carbocycles. The summed E-state index contributed by atoms with van der Waals surface area (Å²) in [5.41, 5.74) is 0.775. The van der Waals surface area contributed by atoms with Crippen molar-refractivity contribution < 1.29 is 13.2 Å². The smallest absolute Gasteiger partial charge is 0.272 e. The summed E-state index contributed by atoms with van der Waals surface area (Å²) in [6, 6.07) is 3.32. The van der Waals surface area contributed by atoms with Crippen molar-refractivity contribution in [1.82, 2.24) is 14.8 Å². The molecule has 1 unspecified atom stereocenters. The highest BCUT2D eigenvalue weighted by Crippen LogP contribution is 2.25. The molecule has 0 radical (unpaired) electrons. The first-order valence-corrected chi connectivity index (χ1v) is 11.4. The van der Waals surface area contributed by atoms with Crippen LogP contribution in [-0.2, 0) is 9.84 Å². The molecule has 3 rings (SSSR count). The highest BCUT2D eigenvalue weighted by atomic mass is 32.2. The Labute approximate surface area is 162 Å². The standard InChI is InChI=1S/C20H29N3O3S/c1-3-18(22-12-6-4-7-13-22)27(25,26)19-16(2)10-11-17(21-19)20(24)23-14-8-5-9-15-23/h3,10-11,18H,1,4-9,12-15H2,2H3. The molecule has 2 fully saturated rings. The third-order valence-electron chi connectivity index (χ3n) is 5.45. The summed E-state index contributed by atoms with van der Waals surface area (Å²) in [6.07, 6.45) is 7.67. The van der Waals surface area contributed by atoms with Crippen LogP contribution >= 0.6 is 0 Å². The number of sulfone groups is 1. The van der Waals surface area contributed by atoms with Crippen LogP contribution in [0.2, 0.25) is 0 Å². The van der Waals surface area contributed by atoms with Gasteiger partial charge in [-0.1, -0.05) is 18.6 Å². The number of pyridine rings is 1. The van der Waals surface area contributed by atoms with Gasteiger partial charge >= 0.3 is 0 Å². The van der Waals surface area contributed by atoms with Gasteiger partial charge < -0.3 is 4.90 Å². The molecule has 2 saturated heterocycles. The van der Waals surface area contributed by atoms with E-state index in [1.54, 1.807) is 24.0 Å². The molecule has 0 aromatic carbocycles. The maximum absolute atomic E-state index is 13.3. The third-order valence-corrected chi connectivity index (χ3v) is 7.53. The Morgan fingerprint density at radius 2 is 1.67 bits per heavy atom. The second kappa shape index (κ2) is 8.52. The lowest BCUT2D eigenvalue weighted by Crippen LogP contribution is -2.43. The molecule has 0 spiro atoms. The van der Waals surface area contributed by atoms with E-state index >= 15 is 0 Å². The van der Waals surface area contributed by atoms with Crippen molar-refractivity contribution in [3.05, 3.63) is 36.0 Å². The maximum Gasteiger partial charge on any atom is 0.272 e. The number of hydrogen-bond donors (Lipinski definition) is 0. The Balaban J connectivity index is 1.92. The molecule has 7 heteroatoms. The van der Waals surface area contributed by atoms with Crippen LogP contribution in [0.4, 0.5) is 0 Å². The minimum absolute atomic E-state index is 0.000771. The first-order chi connectivity index (χ1) is 12.9. The van der Waals surface area contributed by atoms with E-state index in [0.717, 1.165) is 51.6 Å². The van der Waals surface area contributed by atoms with Gasteiger partial charge in [-0.3, -0.25) is 9.69 Å². The van der Waals surface area contributed by atoms with Crippen LogP contribution in [0, 0.1) is 6.92 Å². The van der Waals surface area contributed by atoms with Crippen LogP contribution < -0.4 is 0 Å². The predicted molar refractivity (Wildman–Crippen MR) is 105 cm³/mol. The molecule has 2 aliphatic rings. The van der Waals surface area contributed by atoms with E-state index in [4.69, 9.17) is 0 Å². The number of carbonyl (C=O) groups excluding carboxylic acids is 1. The molecule has 1 atom stereocenters. The number of carbonyl (C=O) groups is 1. The SMILES string of the molecule is C=CC(N1CCCCC1)S(=O)(=O)c1nc(C(=O)N2CCCCC2)ccc1C. The lowest BCUT2D eigenvalue weighted by molar-refractivity contribution is 0.0717. The van der Waals surface area contributed by atoms with Gasteiger partial charge in [0.15, 0.2) is 5.03 Å². The molecule has 1 aromatic rings. The van der Waals surface area contributed by atoms with E-state index in [1.165, 1.54) is 6.08 Å². The molecule has 1 amide bonds. The van der Waals surface area contributed by atoms with Gasteiger partial charge in [0.1, 0.15) is 11.1 Å². The van der Waals surface area contributed by atoms with Crippen molar-refractivity contribution in [2.75, 3.05) is 26.2 Å². The molecular weight excluding hydrogens is 362 g/mol. The van der Waals surface area contributed by atoms with Gasteiger partial charge in [-0.05, 0) is 63.7 Å². The quantitative estimate of drug-likeness (QED) is 0.722. The molecule has 0 N–H and O–H groups in total. The Hall–Kier alpha value is -1.73. The van der Waals surface area contributed by atoms with E-state index in [-0.39, 0.29) is 16.6 Å². The monoisotopic (exact) mass is 391 g/mol. The van der Waals surface area contributed by atoms with E-state index in [1.807, 2.05) is 4.90 Å². The number of hydrogen-bond acceptors (Lipinski definition) is 5. The van der Waals surface area contributed by atoms with Crippen LogP contribution in [0.15, 0.2) is 29.8 Å². The normalized spacial score (nSPS) is 20.3. The Morgan fingerprint density at radius 3 is 2.26 bits per heavy atom. The van der Waals surface area contributed by atoms with Gasteiger partial charge in [-0.15, -0.1) is 6.58 Å². The summed E-state index contributed by atoms with van der Waals surface area (Å²) in [7, 11) is -3.74. The second-order valence-corrected chi connectivity index (χ2v) is 9.40. The van der Waals surface area contributed by atoms with Gasteiger partial charge in [-0.25, -0.2) is 13.4 Å². The number of piperidine rings is 2. The van der Waals surface area contributed by atoms with E-state index in [9.17, 15) is 13.2 Å². The number of amides is 1. The fourth-order valence-corrected chi connectivity index (χ4v) is 5.76.